The Balaban J connectivity index is 3.19. The highest BCUT2D eigenvalue weighted by molar-refractivity contribution is 6.36. The van der Waals surface area contributed by atoms with Crippen LogP contribution in [0.1, 0.15) is 10.4 Å². The molecule has 1 nitrogen and oxygen atoms in total. The first-order valence-electron chi connectivity index (χ1n) is 3.92. The number of carbonyl (C=O) groups excluding carboxylic acids is 1. The quantitative estimate of drug-likeness (QED) is 0.600. The van der Waals surface area contributed by atoms with E-state index in [1.54, 1.807) is 0 Å². The van der Waals surface area contributed by atoms with Gasteiger partial charge in [0.15, 0.2) is 0 Å². The lowest BCUT2D eigenvalue weighted by Gasteiger charge is -2.14. The number of ketones is 1. The van der Waals surface area contributed by atoms with Gasteiger partial charge in [0.25, 0.3) is 0 Å². The van der Waals surface area contributed by atoms with Crippen molar-refractivity contribution in [2.45, 2.75) is 12.3 Å². The maximum Gasteiger partial charge on any atom is 0.368 e. The zero-order chi connectivity index (χ0) is 12.5. The number of carbonyl (C=O) groups is 1. The number of Topliss-reactive ketones (excluding diaryl/α,β-unsaturated/α-hetero) is 1. The van der Waals surface area contributed by atoms with Gasteiger partial charge in [-0.3, -0.25) is 4.79 Å². The lowest BCUT2D eigenvalue weighted by atomic mass is 10.1. The summed E-state index contributed by atoms with van der Waals surface area (Å²) in [5, 5.41) is -0.396. The van der Waals surface area contributed by atoms with Crippen LogP contribution in [0.3, 0.4) is 0 Å². The Hall–Kier alpha value is -0.810. The minimum Gasteiger partial charge on any atom is -0.287 e. The van der Waals surface area contributed by atoms with Crippen LogP contribution in [0.15, 0.2) is 18.2 Å². The van der Waals surface area contributed by atoms with E-state index in [2.05, 4.69) is 0 Å². The van der Waals surface area contributed by atoms with E-state index in [1.807, 2.05) is 0 Å². The van der Waals surface area contributed by atoms with Gasteiger partial charge < -0.3 is 0 Å². The molecule has 0 atom stereocenters. The molecule has 0 aliphatic rings. The van der Waals surface area contributed by atoms with E-state index in [0.717, 1.165) is 12.1 Å². The third-order valence-electron chi connectivity index (χ3n) is 1.75. The molecule has 0 unspecified atom stereocenters. The molecule has 0 N–H and O–H groups in total. The SMILES string of the molecule is O=C(c1cc(Cl)ccc1Cl)C(F)(F)C(F)F. The smallest absolute Gasteiger partial charge is 0.287 e. The molecule has 0 aliphatic carbocycles. The van der Waals surface area contributed by atoms with Crippen molar-refractivity contribution in [1.29, 1.82) is 0 Å². The molecule has 1 rings (SSSR count). The van der Waals surface area contributed by atoms with Gasteiger partial charge in [-0.05, 0) is 18.2 Å². The fourth-order valence-corrected chi connectivity index (χ4v) is 1.33. The summed E-state index contributed by atoms with van der Waals surface area (Å²) in [4.78, 5) is 11.1. The molecule has 0 aliphatic heterocycles. The first-order chi connectivity index (χ1) is 7.26. The van der Waals surface area contributed by atoms with Crippen molar-refractivity contribution in [1.82, 2.24) is 0 Å². The highest BCUT2D eigenvalue weighted by Crippen LogP contribution is 2.31. The average molecular weight is 275 g/mol. The summed E-state index contributed by atoms with van der Waals surface area (Å²) in [6.07, 6.45) is -4.09. The van der Waals surface area contributed by atoms with Crippen molar-refractivity contribution in [3.8, 4) is 0 Å². The summed E-state index contributed by atoms with van der Waals surface area (Å²) in [5.41, 5.74) is -0.723. The Kier molecular flexibility index (Phi) is 3.80. The second-order valence-electron chi connectivity index (χ2n) is 2.88. The summed E-state index contributed by atoms with van der Waals surface area (Å²) in [6.45, 7) is 0. The molecule has 0 fully saturated rings. The van der Waals surface area contributed by atoms with E-state index in [4.69, 9.17) is 23.2 Å². The molecule has 16 heavy (non-hydrogen) atoms. The third kappa shape index (κ3) is 2.47. The highest BCUT2D eigenvalue weighted by atomic mass is 35.5. The molecule has 0 bridgehead atoms. The van der Waals surface area contributed by atoms with Gasteiger partial charge in [-0.2, -0.15) is 8.78 Å². The van der Waals surface area contributed by atoms with E-state index in [1.165, 1.54) is 6.07 Å². The van der Waals surface area contributed by atoms with E-state index in [-0.39, 0.29) is 10.0 Å². The summed E-state index contributed by atoms with van der Waals surface area (Å²) in [7, 11) is 0. The molecule has 0 spiro atoms. The minimum atomic E-state index is -4.77. The topological polar surface area (TPSA) is 17.1 Å². The second-order valence-corrected chi connectivity index (χ2v) is 3.72. The maximum absolute atomic E-state index is 12.7. The predicted molar refractivity (Wildman–Crippen MR) is 51.7 cm³/mol. The number of alkyl halides is 4. The van der Waals surface area contributed by atoms with Gasteiger partial charge in [-0.25, -0.2) is 8.78 Å². The van der Waals surface area contributed by atoms with Gasteiger partial charge >= 0.3 is 12.3 Å². The number of hydrogen-bond donors (Lipinski definition) is 0. The number of benzene rings is 1. The predicted octanol–water partition coefficient (Wildman–Crippen LogP) is 4.08. The molecule has 1 aromatic carbocycles. The van der Waals surface area contributed by atoms with Gasteiger partial charge in [0, 0.05) is 10.6 Å². The first kappa shape index (κ1) is 13.3. The van der Waals surface area contributed by atoms with Gasteiger partial charge in [-0.1, -0.05) is 23.2 Å². The molecule has 0 saturated heterocycles. The Morgan fingerprint density at radius 1 is 1.25 bits per heavy atom. The Bertz CT molecular complexity index is 420. The van der Waals surface area contributed by atoms with Crippen LogP contribution in [0.5, 0.6) is 0 Å². The Morgan fingerprint density at radius 3 is 2.31 bits per heavy atom. The van der Waals surface area contributed by atoms with Crippen LogP contribution in [0.25, 0.3) is 0 Å². The molecule has 0 radical (unpaired) electrons. The van der Waals surface area contributed by atoms with Crippen molar-refractivity contribution < 1.29 is 22.4 Å². The van der Waals surface area contributed by atoms with Crippen molar-refractivity contribution in [3.05, 3.63) is 33.8 Å². The fraction of sp³-hybridized carbons (Fsp3) is 0.222. The van der Waals surface area contributed by atoms with Crippen LogP contribution in [0.2, 0.25) is 10.0 Å². The number of rotatable bonds is 3. The van der Waals surface area contributed by atoms with Gasteiger partial charge in [0.1, 0.15) is 0 Å². The Morgan fingerprint density at radius 2 is 1.81 bits per heavy atom. The van der Waals surface area contributed by atoms with Gasteiger partial charge in [0.05, 0.1) is 5.02 Å². The van der Waals surface area contributed by atoms with Crippen molar-refractivity contribution in [2.24, 2.45) is 0 Å². The zero-order valence-electron chi connectivity index (χ0n) is 7.49. The van der Waals surface area contributed by atoms with Crippen LogP contribution in [-0.2, 0) is 0 Å². The normalized spacial score (nSPS) is 11.9. The molecule has 0 amide bonds. The van der Waals surface area contributed by atoms with Crippen molar-refractivity contribution >= 4 is 29.0 Å². The summed E-state index contributed by atoms with van der Waals surface area (Å²) in [5.74, 6) is -6.82. The van der Waals surface area contributed by atoms with Crippen LogP contribution in [0.4, 0.5) is 17.6 Å². The van der Waals surface area contributed by atoms with Gasteiger partial charge in [0.2, 0.25) is 5.78 Å². The van der Waals surface area contributed by atoms with Crippen molar-refractivity contribution in [3.63, 3.8) is 0 Å². The van der Waals surface area contributed by atoms with E-state index in [9.17, 15) is 22.4 Å². The van der Waals surface area contributed by atoms with Crippen LogP contribution in [0, 0.1) is 0 Å². The van der Waals surface area contributed by atoms with Crippen molar-refractivity contribution in [2.75, 3.05) is 0 Å². The standard InChI is InChI=1S/C9H4Cl2F4O/c10-4-1-2-6(11)5(3-4)7(16)9(14,15)8(12)13/h1-3,8H. The van der Waals surface area contributed by atoms with Crippen LogP contribution < -0.4 is 0 Å². The van der Waals surface area contributed by atoms with Crippen LogP contribution in [-0.4, -0.2) is 18.1 Å². The summed E-state index contributed by atoms with van der Waals surface area (Å²) in [6, 6.07) is 3.16. The highest BCUT2D eigenvalue weighted by Gasteiger charge is 2.49. The lowest BCUT2D eigenvalue weighted by Crippen LogP contribution is -2.36. The minimum absolute atomic E-state index is 0.0437. The third-order valence-corrected chi connectivity index (χ3v) is 2.31. The van der Waals surface area contributed by atoms with E-state index < -0.39 is 23.7 Å². The molecular weight excluding hydrogens is 271 g/mol. The van der Waals surface area contributed by atoms with E-state index >= 15 is 0 Å². The first-order valence-corrected chi connectivity index (χ1v) is 4.68. The molecule has 7 heteroatoms. The number of halogens is 6. The monoisotopic (exact) mass is 274 g/mol. The second kappa shape index (κ2) is 4.59. The maximum atomic E-state index is 12.7. The summed E-state index contributed by atoms with van der Waals surface area (Å²) < 4.78 is 49.3. The molecule has 0 saturated carbocycles. The van der Waals surface area contributed by atoms with E-state index in [0.29, 0.717) is 0 Å². The number of hydrogen-bond acceptors (Lipinski definition) is 1. The lowest BCUT2D eigenvalue weighted by molar-refractivity contribution is -0.0958. The Labute approximate surface area is 98.0 Å². The van der Waals surface area contributed by atoms with Crippen LogP contribution >= 0.6 is 23.2 Å². The molecule has 0 aromatic heterocycles. The molecular formula is C9H4Cl2F4O. The molecule has 88 valence electrons. The fourth-order valence-electron chi connectivity index (χ4n) is 0.950. The molecule has 0 heterocycles. The molecule has 1 aromatic rings. The summed E-state index contributed by atoms with van der Waals surface area (Å²) >= 11 is 10.9. The largest absolute Gasteiger partial charge is 0.368 e. The van der Waals surface area contributed by atoms with Gasteiger partial charge in [-0.15, -0.1) is 0 Å². The average Bonchev–Trinajstić information content (AvgIpc) is 2.20. The zero-order valence-corrected chi connectivity index (χ0v) is 9.00.